The van der Waals surface area contributed by atoms with E-state index in [0.29, 0.717) is 0 Å². The maximum atomic E-state index is 10.6. The van der Waals surface area contributed by atoms with Gasteiger partial charge in [0.25, 0.3) is 0 Å². The molecule has 0 amide bonds. The summed E-state index contributed by atoms with van der Waals surface area (Å²) in [5.41, 5.74) is 1.36. The summed E-state index contributed by atoms with van der Waals surface area (Å²) in [6.45, 7) is 8.95. The first-order valence-corrected chi connectivity index (χ1v) is 7.21. The number of likely N-dealkylation sites (tertiary alicyclic amines) is 1. The molecule has 0 bridgehead atoms. The normalized spacial score (nSPS) is 30.2. The van der Waals surface area contributed by atoms with Gasteiger partial charge in [-0.15, -0.1) is 0 Å². The molecule has 2 nitrogen and oxygen atoms in total. The zero-order chi connectivity index (χ0) is 14.3. The van der Waals surface area contributed by atoms with E-state index in [-0.39, 0.29) is 23.1 Å². The summed E-state index contributed by atoms with van der Waals surface area (Å²) in [7, 11) is 2.18. The smallest absolute Gasteiger partial charge is 0.0606 e. The van der Waals surface area contributed by atoms with Crippen molar-refractivity contribution in [1.29, 1.82) is 0 Å². The molecule has 2 heteroatoms. The molecule has 1 aromatic rings. The van der Waals surface area contributed by atoms with Crippen molar-refractivity contribution in [3.05, 3.63) is 35.9 Å². The lowest BCUT2D eigenvalue weighted by Crippen LogP contribution is -2.65. The van der Waals surface area contributed by atoms with Crippen molar-refractivity contribution in [1.82, 2.24) is 4.90 Å². The summed E-state index contributed by atoms with van der Waals surface area (Å²) < 4.78 is 0. The molecule has 0 radical (unpaired) electrons. The second-order valence-corrected chi connectivity index (χ2v) is 7.09. The Morgan fingerprint density at radius 1 is 1.16 bits per heavy atom. The van der Waals surface area contributed by atoms with Crippen LogP contribution in [-0.4, -0.2) is 34.2 Å². The second kappa shape index (κ2) is 4.92. The summed E-state index contributed by atoms with van der Waals surface area (Å²) in [4.78, 5) is 2.43. The van der Waals surface area contributed by atoms with Gasteiger partial charge in [-0.25, -0.2) is 0 Å². The molecule has 1 aromatic carbocycles. The van der Waals surface area contributed by atoms with Crippen LogP contribution in [0.2, 0.25) is 0 Å². The molecule has 2 rings (SSSR count). The summed E-state index contributed by atoms with van der Waals surface area (Å²) in [6.07, 6.45) is 1.54. The molecular formula is C17H27NO. The van der Waals surface area contributed by atoms with E-state index in [9.17, 15) is 5.11 Å². The molecule has 0 saturated carbocycles. The van der Waals surface area contributed by atoms with E-state index in [1.165, 1.54) is 5.56 Å². The molecular weight excluding hydrogens is 234 g/mol. The lowest BCUT2D eigenvalue weighted by atomic mass is 9.69. The van der Waals surface area contributed by atoms with E-state index >= 15 is 0 Å². The van der Waals surface area contributed by atoms with Gasteiger partial charge < -0.3 is 5.11 Å². The molecule has 1 heterocycles. The Kier molecular flexibility index (Phi) is 3.76. The first kappa shape index (κ1) is 14.5. The lowest BCUT2D eigenvalue weighted by molar-refractivity contribution is -0.111. The van der Waals surface area contributed by atoms with Gasteiger partial charge in [-0.05, 0) is 53.1 Å². The number of aliphatic hydroxyl groups excluding tert-OH is 1. The van der Waals surface area contributed by atoms with E-state index < -0.39 is 0 Å². The molecule has 0 aliphatic carbocycles. The highest BCUT2D eigenvalue weighted by atomic mass is 16.3. The van der Waals surface area contributed by atoms with Crippen LogP contribution in [-0.2, 0) is 6.42 Å². The Morgan fingerprint density at radius 3 is 2.32 bits per heavy atom. The van der Waals surface area contributed by atoms with Crippen molar-refractivity contribution in [2.24, 2.45) is 5.92 Å². The second-order valence-electron chi connectivity index (χ2n) is 7.09. The van der Waals surface area contributed by atoms with E-state index in [1.54, 1.807) is 0 Å². The molecule has 2 unspecified atom stereocenters. The average molecular weight is 261 g/mol. The fourth-order valence-corrected chi connectivity index (χ4v) is 3.54. The van der Waals surface area contributed by atoms with Crippen molar-refractivity contribution in [3.8, 4) is 0 Å². The van der Waals surface area contributed by atoms with Crippen LogP contribution >= 0.6 is 0 Å². The third-order valence-electron chi connectivity index (χ3n) is 5.15. The van der Waals surface area contributed by atoms with Crippen LogP contribution in [0.4, 0.5) is 0 Å². The summed E-state index contributed by atoms with van der Waals surface area (Å²) in [5, 5.41) is 10.6. The summed E-state index contributed by atoms with van der Waals surface area (Å²) in [5.74, 6) is 0.271. The number of rotatable bonds is 2. The Balaban J connectivity index is 2.25. The van der Waals surface area contributed by atoms with Gasteiger partial charge in [0, 0.05) is 17.0 Å². The van der Waals surface area contributed by atoms with Crippen LogP contribution in [0.3, 0.4) is 0 Å². The highest BCUT2D eigenvalue weighted by molar-refractivity contribution is 5.18. The van der Waals surface area contributed by atoms with Crippen molar-refractivity contribution < 1.29 is 5.11 Å². The molecule has 1 fully saturated rings. The van der Waals surface area contributed by atoms with E-state index in [4.69, 9.17) is 0 Å². The predicted octanol–water partition coefficient (Wildman–Crippen LogP) is 3.10. The van der Waals surface area contributed by atoms with Crippen LogP contribution in [0.5, 0.6) is 0 Å². The summed E-state index contributed by atoms with van der Waals surface area (Å²) in [6, 6.07) is 10.5. The summed E-state index contributed by atoms with van der Waals surface area (Å²) >= 11 is 0. The number of benzene rings is 1. The minimum atomic E-state index is -0.235. The monoisotopic (exact) mass is 261 g/mol. The standard InChI is InChI=1S/C17H27NO/c1-16(2)12-15(19)14(17(3,4)18(16)5)11-13-9-7-6-8-10-13/h6-10,14-15,19H,11-12H2,1-5H3. The molecule has 19 heavy (non-hydrogen) atoms. The minimum Gasteiger partial charge on any atom is -0.393 e. The Morgan fingerprint density at radius 2 is 1.74 bits per heavy atom. The predicted molar refractivity (Wildman–Crippen MR) is 80.2 cm³/mol. The first-order chi connectivity index (χ1) is 8.75. The van der Waals surface area contributed by atoms with Crippen molar-refractivity contribution in [2.75, 3.05) is 7.05 Å². The van der Waals surface area contributed by atoms with Crippen LogP contribution in [0.25, 0.3) is 0 Å². The fraction of sp³-hybridized carbons (Fsp3) is 0.647. The van der Waals surface area contributed by atoms with Gasteiger partial charge in [-0.2, -0.15) is 0 Å². The minimum absolute atomic E-state index is 0.00297. The van der Waals surface area contributed by atoms with Crippen molar-refractivity contribution >= 4 is 0 Å². The Hall–Kier alpha value is -0.860. The van der Waals surface area contributed by atoms with Crippen LogP contribution < -0.4 is 0 Å². The van der Waals surface area contributed by atoms with E-state index in [0.717, 1.165) is 12.8 Å². The lowest BCUT2D eigenvalue weighted by Gasteiger charge is -2.57. The first-order valence-electron chi connectivity index (χ1n) is 7.21. The molecule has 106 valence electrons. The van der Waals surface area contributed by atoms with Crippen LogP contribution in [0.1, 0.15) is 39.7 Å². The van der Waals surface area contributed by atoms with Crippen molar-refractivity contribution in [3.63, 3.8) is 0 Å². The quantitative estimate of drug-likeness (QED) is 0.884. The van der Waals surface area contributed by atoms with Gasteiger partial charge in [0.1, 0.15) is 0 Å². The van der Waals surface area contributed by atoms with Crippen LogP contribution in [0.15, 0.2) is 30.3 Å². The Labute approximate surface area is 117 Å². The maximum absolute atomic E-state index is 10.6. The van der Waals surface area contributed by atoms with Gasteiger partial charge in [-0.3, -0.25) is 4.90 Å². The van der Waals surface area contributed by atoms with Gasteiger partial charge in [0.15, 0.2) is 0 Å². The average Bonchev–Trinajstić information content (AvgIpc) is 2.34. The van der Waals surface area contributed by atoms with Gasteiger partial charge in [-0.1, -0.05) is 30.3 Å². The number of piperidine rings is 1. The number of hydrogen-bond acceptors (Lipinski definition) is 2. The molecule has 1 aliphatic heterocycles. The van der Waals surface area contributed by atoms with Gasteiger partial charge in [0.05, 0.1) is 6.10 Å². The van der Waals surface area contributed by atoms with E-state index in [1.807, 2.05) is 6.07 Å². The highest BCUT2D eigenvalue weighted by Gasteiger charge is 2.49. The van der Waals surface area contributed by atoms with Gasteiger partial charge in [0.2, 0.25) is 0 Å². The molecule has 0 spiro atoms. The molecule has 1 aliphatic rings. The number of hydrogen-bond donors (Lipinski definition) is 1. The van der Waals surface area contributed by atoms with Crippen molar-refractivity contribution in [2.45, 2.75) is 57.7 Å². The van der Waals surface area contributed by atoms with Crippen LogP contribution in [0, 0.1) is 5.92 Å². The largest absolute Gasteiger partial charge is 0.393 e. The zero-order valence-corrected chi connectivity index (χ0v) is 12.9. The SMILES string of the molecule is CN1C(C)(C)CC(O)C(Cc2ccccc2)C1(C)C. The third-order valence-corrected chi connectivity index (χ3v) is 5.15. The molecule has 2 atom stereocenters. The topological polar surface area (TPSA) is 23.5 Å². The molecule has 1 N–H and O–H groups in total. The highest BCUT2D eigenvalue weighted by Crippen LogP contribution is 2.42. The Bertz CT molecular complexity index is 424. The van der Waals surface area contributed by atoms with Gasteiger partial charge >= 0.3 is 0 Å². The molecule has 1 saturated heterocycles. The van der Waals surface area contributed by atoms with E-state index in [2.05, 4.69) is 63.9 Å². The zero-order valence-electron chi connectivity index (χ0n) is 12.9. The maximum Gasteiger partial charge on any atom is 0.0606 e. The third kappa shape index (κ3) is 2.70. The molecule has 0 aromatic heterocycles. The number of aliphatic hydroxyl groups is 1. The number of nitrogens with zero attached hydrogens (tertiary/aromatic N) is 1. The fourth-order valence-electron chi connectivity index (χ4n) is 3.54.